The van der Waals surface area contributed by atoms with Crippen LogP contribution in [0.25, 0.3) is 16.2 Å². The van der Waals surface area contributed by atoms with Crippen LogP contribution in [0.2, 0.25) is 0 Å². The Bertz CT molecular complexity index is 852. The van der Waals surface area contributed by atoms with Crippen molar-refractivity contribution < 1.29 is 9.53 Å². The van der Waals surface area contributed by atoms with Crippen LogP contribution in [0, 0.1) is 0 Å². The number of ether oxygens (including phenoxy) is 1. The molecule has 0 aliphatic rings. The number of nitrogens with zero attached hydrogens (tertiary/aromatic N) is 2. The van der Waals surface area contributed by atoms with Crippen LogP contribution in [0.5, 0.6) is 0 Å². The average molecular weight is 300 g/mol. The number of thiazole rings is 1. The SMILES string of the molecule is CCOC(=O)c1cc(=O)nc2scc(-c3ccccc3)n12. The van der Waals surface area contributed by atoms with E-state index in [-0.39, 0.29) is 12.3 Å². The quantitative estimate of drug-likeness (QED) is 0.698. The number of benzene rings is 1. The number of carbonyl (C=O) groups is 1. The van der Waals surface area contributed by atoms with Gasteiger partial charge in [0.15, 0.2) is 4.96 Å². The molecule has 21 heavy (non-hydrogen) atoms. The van der Waals surface area contributed by atoms with Gasteiger partial charge in [0.05, 0.1) is 12.3 Å². The Kier molecular flexibility index (Phi) is 3.53. The summed E-state index contributed by atoms with van der Waals surface area (Å²) in [5, 5.41) is 1.87. The summed E-state index contributed by atoms with van der Waals surface area (Å²) in [6.45, 7) is 1.98. The van der Waals surface area contributed by atoms with Crippen LogP contribution in [0.15, 0.2) is 46.6 Å². The first-order chi connectivity index (χ1) is 10.2. The topological polar surface area (TPSA) is 60.7 Å². The molecule has 0 spiro atoms. The summed E-state index contributed by atoms with van der Waals surface area (Å²) < 4.78 is 6.70. The summed E-state index contributed by atoms with van der Waals surface area (Å²) in [7, 11) is 0. The predicted molar refractivity (Wildman–Crippen MR) is 80.7 cm³/mol. The highest BCUT2D eigenvalue weighted by molar-refractivity contribution is 7.15. The van der Waals surface area contributed by atoms with Gasteiger partial charge in [0.25, 0.3) is 5.56 Å². The Labute approximate surface area is 124 Å². The third-order valence-corrected chi connectivity index (χ3v) is 3.80. The van der Waals surface area contributed by atoms with Crippen LogP contribution in [-0.4, -0.2) is 22.0 Å². The number of esters is 1. The first-order valence-electron chi connectivity index (χ1n) is 6.44. The molecule has 0 aliphatic heterocycles. The third-order valence-electron chi connectivity index (χ3n) is 2.97. The standard InChI is InChI=1S/C15H12N2O3S/c1-2-20-14(19)11-8-13(18)16-15-17(11)12(9-21-15)10-6-4-3-5-7-10/h3-9H,2H2,1H3. The molecular weight excluding hydrogens is 288 g/mol. The zero-order valence-corrected chi connectivity index (χ0v) is 12.1. The number of hydrogen-bond donors (Lipinski definition) is 0. The van der Waals surface area contributed by atoms with E-state index in [9.17, 15) is 9.59 Å². The van der Waals surface area contributed by atoms with Crippen molar-refractivity contribution in [2.24, 2.45) is 0 Å². The molecule has 0 N–H and O–H groups in total. The number of fused-ring (bicyclic) bond motifs is 1. The van der Waals surface area contributed by atoms with Crippen molar-refractivity contribution in [1.82, 2.24) is 9.38 Å². The van der Waals surface area contributed by atoms with E-state index in [1.807, 2.05) is 35.7 Å². The molecule has 1 aromatic carbocycles. The Morgan fingerprint density at radius 3 is 2.81 bits per heavy atom. The molecule has 3 rings (SSSR count). The van der Waals surface area contributed by atoms with E-state index in [1.165, 1.54) is 17.4 Å². The van der Waals surface area contributed by atoms with Crippen molar-refractivity contribution in [1.29, 1.82) is 0 Å². The molecule has 0 saturated heterocycles. The summed E-state index contributed by atoms with van der Waals surface area (Å²) in [5.41, 5.74) is 1.51. The van der Waals surface area contributed by atoms with E-state index in [1.54, 1.807) is 11.3 Å². The van der Waals surface area contributed by atoms with E-state index in [4.69, 9.17) is 4.74 Å². The maximum Gasteiger partial charge on any atom is 0.355 e. The molecule has 0 amide bonds. The average Bonchev–Trinajstić information content (AvgIpc) is 2.91. The molecule has 0 atom stereocenters. The van der Waals surface area contributed by atoms with Gasteiger partial charge >= 0.3 is 5.97 Å². The Morgan fingerprint density at radius 2 is 2.10 bits per heavy atom. The van der Waals surface area contributed by atoms with Gasteiger partial charge in [-0.3, -0.25) is 9.20 Å². The van der Waals surface area contributed by atoms with Crippen molar-refractivity contribution in [3.05, 3.63) is 57.8 Å². The molecule has 0 radical (unpaired) electrons. The van der Waals surface area contributed by atoms with Crippen LogP contribution in [0.3, 0.4) is 0 Å². The van der Waals surface area contributed by atoms with E-state index >= 15 is 0 Å². The summed E-state index contributed by atoms with van der Waals surface area (Å²) in [6.07, 6.45) is 0. The van der Waals surface area contributed by atoms with Crippen molar-refractivity contribution in [3.63, 3.8) is 0 Å². The van der Waals surface area contributed by atoms with Gasteiger partial charge in [-0.25, -0.2) is 4.79 Å². The fourth-order valence-corrected chi connectivity index (χ4v) is 3.00. The van der Waals surface area contributed by atoms with Crippen molar-refractivity contribution >= 4 is 22.3 Å². The number of carbonyl (C=O) groups excluding carboxylic acids is 1. The lowest BCUT2D eigenvalue weighted by Gasteiger charge is -2.07. The summed E-state index contributed by atoms with van der Waals surface area (Å²) in [5.74, 6) is -0.525. The van der Waals surface area contributed by atoms with Gasteiger partial charge in [-0.2, -0.15) is 4.98 Å². The summed E-state index contributed by atoms with van der Waals surface area (Å²) in [6, 6.07) is 10.8. The maximum absolute atomic E-state index is 12.1. The molecule has 0 saturated carbocycles. The van der Waals surface area contributed by atoms with Gasteiger partial charge in [0.1, 0.15) is 5.69 Å². The fraction of sp³-hybridized carbons (Fsp3) is 0.133. The molecule has 6 heteroatoms. The maximum atomic E-state index is 12.1. The molecule has 5 nitrogen and oxygen atoms in total. The minimum atomic E-state index is -0.525. The van der Waals surface area contributed by atoms with Crippen molar-refractivity contribution in [2.75, 3.05) is 6.61 Å². The third kappa shape index (κ3) is 2.45. The molecule has 2 aromatic heterocycles. The highest BCUT2D eigenvalue weighted by atomic mass is 32.1. The lowest BCUT2D eigenvalue weighted by Crippen LogP contribution is -2.17. The van der Waals surface area contributed by atoms with Gasteiger partial charge in [-0.05, 0) is 12.5 Å². The second-order valence-corrected chi connectivity index (χ2v) is 5.14. The van der Waals surface area contributed by atoms with Gasteiger partial charge in [-0.1, -0.05) is 30.3 Å². The van der Waals surface area contributed by atoms with Gasteiger partial charge in [0.2, 0.25) is 0 Å². The molecule has 0 fully saturated rings. The predicted octanol–water partition coefficient (Wildman–Crippen LogP) is 2.60. The van der Waals surface area contributed by atoms with Crippen LogP contribution in [0.1, 0.15) is 17.4 Å². The van der Waals surface area contributed by atoms with Gasteiger partial charge in [0, 0.05) is 11.4 Å². The molecule has 0 bridgehead atoms. The van der Waals surface area contributed by atoms with E-state index < -0.39 is 11.5 Å². The zero-order chi connectivity index (χ0) is 14.8. The van der Waals surface area contributed by atoms with E-state index in [2.05, 4.69) is 4.98 Å². The smallest absolute Gasteiger partial charge is 0.355 e. The fourth-order valence-electron chi connectivity index (χ4n) is 2.10. The first-order valence-corrected chi connectivity index (χ1v) is 7.32. The lowest BCUT2D eigenvalue weighted by atomic mass is 10.2. The van der Waals surface area contributed by atoms with E-state index in [0.29, 0.717) is 4.96 Å². The molecule has 3 aromatic rings. The summed E-state index contributed by atoms with van der Waals surface area (Å²) in [4.78, 5) is 28.1. The first kappa shape index (κ1) is 13.5. The van der Waals surface area contributed by atoms with Crippen LogP contribution in [0.4, 0.5) is 0 Å². The highest BCUT2D eigenvalue weighted by Gasteiger charge is 2.17. The van der Waals surface area contributed by atoms with Crippen LogP contribution < -0.4 is 5.56 Å². The van der Waals surface area contributed by atoms with Crippen LogP contribution in [-0.2, 0) is 4.74 Å². The highest BCUT2D eigenvalue weighted by Crippen LogP contribution is 2.26. The van der Waals surface area contributed by atoms with Gasteiger partial charge < -0.3 is 4.74 Å². The Hall–Kier alpha value is -2.47. The zero-order valence-electron chi connectivity index (χ0n) is 11.3. The summed E-state index contributed by atoms with van der Waals surface area (Å²) >= 11 is 1.32. The second-order valence-electron chi connectivity index (χ2n) is 4.31. The molecule has 0 unspecified atom stereocenters. The Balaban J connectivity index is 2.29. The van der Waals surface area contributed by atoms with Crippen molar-refractivity contribution in [3.8, 4) is 11.3 Å². The number of hydrogen-bond acceptors (Lipinski definition) is 5. The molecule has 2 heterocycles. The normalized spacial score (nSPS) is 10.7. The minimum absolute atomic E-state index is 0.201. The molecule has 0 aliphatic carbocycles. The number of rotatable bonds is 3. The second kappa shape index (κ2) is 5.49. The molecule has 106 valence electrons. The molecular formula is C15H12N2O3S. The minimum Gasteiger partial charge on any atom is -0.461 e. The number of aromatic nitrogens is 2. The Morgan fingerprint density at radius 1 is 1.33 bits per heavy atom. The van der Waals surface area contributed by atoms with Crippen molar-refractivity contribution in [2.45, 2.75) is 6.92 Å². The van der Waals surface area contributed by atoms with Gasteiger partial charge in [-0.15, -0.1) is 11.3 Å². The van der Waals surface area contributed by atoms with E-state index in [0.717, 1.165) is 11.3 Å². The lowest BCUT2D eigenvalue weighted by molar-refractivity contribution is 0.0517. The van der Waals surface area contributed by atoms with Crippen LogP contribution >= 0.6 is 11.3 Å². The monoisotopic (exact) mass is 300 g/mol. The largest absolute Gasteiger partial charge is 0.461 e.